The number of aliphatic hydroxyl groups excluding tert-OH is 1. The van der Waals surface area contributed by atoms with E-state index in [1.165, 1.54) is 6.07 Å². The van der Waals surface area contributed by atoms with Crippen molar-refractivity contribution in [3.8, 4) is 0 Å². The number of carbonyl (C=O) groups is 1. The summed E-state index contributed by atoms with van der Waals surface area (Å²) < 4.78 is 27.1. The van der Waals surface area contributed by atoms with Crippen molar-refractivity contribution >= 4 is 16.0 Å². The van der Waals surface area contributed by atoms with Gasteiger partial charge in [0.1, 0.15) is 0 Å². The summed E-state index contributed by atoms with van der Waals surface area (Å²) in [5.74, 6) is -1.01. The van der Waals surface area contributed by atoms with Gasteiger partial charge in [-0.2, -0.15) is 0 Å². The maximum Gasteiger partial charge on any atom is 0.335 e. The number of carboxylic acids is 1. The van der Waals surface area contributed by atoms with Crippen LogP contribution in [0.15, 0.2) is 17.0 Å². The third-order valence-electron chi connectivity index (χ3n) is 3.81. The first-order valence-corrected chi connectivity index (χ1v) is 8.21. The van der Waals surface area contributed by atoms with Crippen LogP contribution in [0.3, 0.4) is 0 Å². The summed E-state index contributed by atoms with van der Waals surface area (Å²) in [6.45, 7) is 3.53. The van der Waals surface area contributed by atoms with Crippen molar-refractivity contribution in [1.82, 2.24) is 4.72 Å². The van der Waals surface area contributed by atoms with Crippen LogP contribution in [0.25, 0.3) is 0 Å². The van der Waals surface area contributed by atoms with Gasteiger partial charge in [-0.05, 0) is 49.8 Å². The highest BCUT2D eigenvalue weighted by Crippen LogP contribution is 2.27. The molecule has 0 spiro atoms. The van der Waals surface area contributed by atoms with Gasteiger partial charge in [-0.25, -0.2) is 17.9 Å². The Morgan fingerprint density at radius 2 is 1.90 bits per heavy atom. The summed E-state index contributed by atoms with van der Waals surface area (Å²) in [5, 5.41) is 18.3. The van der Waals surface area contributed by atoms with E-state index in [0.29, 0.717) is 24.0 Å². The number of rotatable bonds is 5. The van der Waals surface area contributed by atoms with Gasteiger partial charge in [-0.15, -0.1) is 0 Å². The third kappa shape index (κ3) is 3.42. The van der Waals surface area contributed by atoms with E-state index >= 15 is 0 Å². The second kappa shape index (κ2) is 5.75. The molecule has 0 heterocycles. The summed E-state index contributed by atoms with van der Waals surface area (Å²) in [5.41, 5.74) is 1.03. The van der Waals surface area contributed by atoms with Crippen LogP contribution in [0, 0.1) is 19.8 Å². The van der Waals surface area contributed by atoms with E-state index in [1.807, 2.05) is 0 Å². The second-order valence-electron chi connectivity index (χ2n) is 5.58. The monoisotopic (exact) mass is 313 g/mol. The number of hydrogen-bond donors (Lipinski definition) is 3. The van der Waals surface area contributed by atoms with Gasteiger partial charge in [0.05, 0.1) is 16.6 Å². The molecule has 3 N–H and O–H groups in total. The maximum absolute atomic E-state index is 12.3. The molecule has 2 rings (SSSR count). The minimum Gasteiger partial charge on any atom is -0.478 e. The Morgan fingerprint density at radius 1 is 1.29 bits per heavy atom. The maximum atomic E-state index is 12.3. The molecule has 0 radical (unpaired) electrons. The molecule has 1 fully saturated rings. The zero-order chi connectivity index (χ0) is 15.8. The Kier molecular flexibility index (Phi) is 4.36. The summed E-state index contributed by atoms with van der Waals surface area (Å²) in [6, 6.07) is 2.76. The van der Waals surface area contributed by atoms with Crippen LogP contribution in [-0.4, -0.2) is 37.2 Å². The van der Waals surface area contributed by atoms with Crippen LogP contribution in [0.1, 0.15) is 34.3 Å². The number of carboxylic acid groups (broad SMARTS) is 1. The SMILES string of the molecule is Cc1cc(C)c(S(=O)(=O)NCC2CC(O)C2)cc1C(=O)O. The topological polar surface area (TPSA) is 104 Å². The fraction of sp³-hybridized carbons (Fsp3) is 0.500. The standard InChI is InChI=1S/C14H19NO5S/c1-8-3-9(2)13(6-12(8)14(17)18)21(19,20)15-7-10-4-11(16)5-10/h3,6,10-11,15-16H,4-5,7H2,1-2H3,(H,17,18). The van der Waals surface area contributed by atoms with Gasteiger partial charge in [0.15, 0.2) is 0 Å². The normalized spacial score (nSPS) is 21.9. The van der Waals surface area contributed by atoms with Gasteiger partial charge >= 0.3 is 5.97 Å². The first-order valence-electron chi connectivity index (χ1n) is 6.73. The molecule has 116 valence electrons. The van der Waals surface area contributed by atoms with E-state index in [1.54, 1.807) is 19.9 Å². The number of nitrogens with one attached hydrogen (secondary N) is 1. The zero-order valence-electron chi connectivity index (χ0n) is 12.0. The molecule has 21 heavy (non-hydrogen) atoms. The zero-order valence-corrected chi connectivity index (χ0v) is 12.8. The van der Waals surface area contributed by atoms with Crippen LogP contribution in [0.4, 0.5) is 0 Å². The highest BCUT2D eigenvalue weighted by Gasteiger charge is 2.29. The van der Waals surface area contributed by atoms with Crippen LogP contribution in [0.5, 0.6) is 0 Å². The van der Waals surface area contributed by atoms with Crippen LogP contribution < -0.4 is 4.72 Å². The highest BCUT2D eigenvalue weighted by atomic mass is 32.2. The lowest BCUT2D eigenvalue weighted by molar-refractivity contribution is 0.0453. The minimum atomic E-state index is -3.75. The number of hydrogen-bond acceptors (Lipinski definition) is 4. The van der Waals surface area contributed by atoms with Gasteiger partial charge in [-0.1, -0.05) is 6.07 Å². The Bertz CT molecular complexity index is 662. The van der Waals surface area contributed by atoms with Gasteiger partial charge in [0.2, 0.25) is 10.0 Å². The average molecular weight is 313 g/mol. The molecule has 6 nitrogen and oxygen atoms in total. The van der Waals surface area contributed by atoms with E-state index in [4.69, 9.17) is 5.11 Å². The predicted octanol–water partition coefficient (Wildman–Crippen LogP) is 1.05. The molecular formula is C14H19NO5S. The molecule has 0 bridgehead atoms. The molecule has 1 aliphatic rings. The first kappa shape index (κ1) is 15.9. The average Bonchev–Trinajstić information content (AvgIpc) is 2.32. The van der Waals surface area contributed by atoms with Crippen LogP contribution in [0.2, 0.25) is 0 Å². The smallest absolute Gasteiger partial charge is 0.335 e. The quantitative estimate of drug-likeness (QED) is 0.754. The fourth-order valence-electron chi connectivity index (χ4n) is 2.52. The molecule has 1 saturated carbocycles. The van der Waals surface area contributed by atoms with Crippen molar-refractivity contribution in [2.24, 2.45) is 5.92 Å². The third-order valence-corrected chi connectivity index (χ3v) is 5.38. The summed E-state index contributed by atoms with van der Waals surface area (Å²) >= 11 is 0. The summed E-state index contributed by atoms with van der Waals surface area (Å²) in [6.07, 6.45) is 0.852. The predicted molar refractivity (Wildman–Crippen MR) is 76.8 cm³/mol. The number of sulfonamides is 1. The van der Waals surface area contributed by atoms with E-state index in [2.05, 4.69) is 4.72 Å². The number of benzene rings is 1. The number of aliphatic hydroxyl groups is 1. The number of aromatic carboxylic acids is 1. The van der Waals surface area contributed by atoms with Crippen molar-refractivity contribution in [2.75, 3.05) is 6.54 Å². The summed E-state index contributed by atoms with van der Waals surface area (Å²) in [4.78, 5) is 11.1. The van der Waals surface area contributed by atoms with Crippen molar-refractivity contribution in [1.29, 1.82) is 0 Å². The molecule has 0 aromatic heterocycles. The van der Waals surface area contributed by atoms with Gasteiger partial charge in [0.25, 0.3) is 0 Å². The lowest BCUT2D eigenvalue weighted by atomic mass is 9.83. The molecule has 0 saturated heterocycles. The lowest BCUT2D eigenvalue weighted by Crippen LogP contribution is -2.38. The molecule has 0 aliphatic heterocycles. The van der Waals surface area contributed by atoms with Crippen LogP contribution in [-0.2, 0) is 10.0 Å². The number of aryl methyl sites for hydroxylation is 2. The van der Waals surface area contributed by atoms with Gasteiger partial charge < -0.3 is 10.2 Å². The van der Waals surface area contributed by atoms with Gasteiger partial charge in [0, 0.05) is 6.54 Å². The highest BCUT2D eigenvalue weighted by molar-refractivity contribution is 7.89. The Balaban J connectivity index is 2.22. The van der Waals surface area contributed by atoms with Crippen molar-refractivity contribution in [3.05, 3.63) is 28.8 Å². The van der Waals surface area contributed by atoms with E-state index in [0.717, 1.165) is 0 Å². The second-order valence-corrected chi connectivity index (χ2v) is 7.32. The van der Waals surface area contributed by atoms with E-state index < -0.39 is 16.0 Å². The molecule has 7 heteroatoms. The molecule has 0 atom stereocenters. The summed E-state index contributed by atoms with van der Waals surface area (Å²) in [7, 11) is -3.75. The molecule has 1 aliphatic carbocycles. The largest absolute Gasteiger partial charge is 0.478 e. The molecular weight excluding hydrogens is 294 g/mol. The van der Waals surface area contributed by atoms with E-state index in [-0.39, 0.29) is 29.0 Å². The van der Waals surface area contributed by atoms with Crippen molar-refractivity contribution in [3.63, 3.8) is 0 Å². The van der Waals surface area contributed by atoms with Crippen molar-refractivity contribution < 1.29 is 23.4 Å². The first-order chi connectivity index (χ1) is 9.70. The Morgan fingerprint density at radius 3 is 2.43 bits per heavy atom. The molecule has 1 aromatic carbocycles. The lowest BCUT2D eigenvalue weighted by Gasteiger charge is -2.31. The fourth-order valence-corrected chi connectivity index (χ4v) is 3.89. The minimum absolute atomic E-state index is 0.00891. The molecule has 1 aromatic rings. The van der Waals surface area contributed by atoms with Crippen LogP contribution >= 0.6 is 0 Å². The molecule has 0 unspecified atom stereocenters. The van der Waals surface area contributed by atoms with Gasteiger partial charge in [-0.3, -0.25) is 0 Å². The Hall–Kier alpha value is -1.44. The van der Waals surface area contributed by atoms with Crippen molar-refractivity contribution in [2.45, 2.75) is 37.7 Å². The Labute approximate surface area is 123 Å². The molecule has 0 amide bonds. The van der Waals surface area contributed by atoms with E-state index in [9.17, 15) is 18.3 Å².